The molecule has 0 aliphatic carbocycles. The lowest BCUT2D eigenvalue weighted by Gasteiger charge is -2.26. The highest BCUT2D eigenvalue weighted by Gasteiger charge is 2.12. The second kappa shape index (κ2) is 8.36. The summed E-state index contributed by atoms with van der Waals surface area (Å²) in [6.45, 7) is 5.14. The normalized spacial score (nSPS) is 15.9. The lowest BCUT2D eigenvalue weighted by molar-refractivity contribution is 0.301. The molecule has 0 radical (unpaired) electrons. The minimum absolute atomic E-state index is 0.0505. The van der Waals surface area contributed by atoms with Crippen molar-refractivity contribution in [1.82, 2.24) is 10.2 Å². The minimum atomic E-state index is 0.0505. The molecule has 0 bridgehead atoms. The van der Waals surface area contributed by atoms with Gasteiger partial charge in [-0.1, -0.05) is 0 Å². The Balaban J connectivity index is 1.82. The molecule has 0 atom stereocenters. The number of nitrogens with one attached hydrogen (secondary N) is 1. The Morgan fingerprint density at radius 2 is 1.81 bits per heavy atom. The molecule has 118 valence electrons. The summed E-state index contributed by atoms with van der Waals surface area (Å²) in [5.74, 6) is 3.42. The molecular weight excluding hydrogens is 288 g/mol. The highest BCUT2D eigenvalue weighted by atomic mass is 32.2. The van der Waals surface area contributed by atoms with E-state index in [1.165, 1.54) is 24.6 Å². The molecule has 2 N–H and O–H groups in total. The summed E-state index contributed by atoms with van der Waals surface area (Å²) in [6, 6.07) is 3.67. The first-order chi connectivity index (χ1) is 10.2. The summed E-state index contributed by atoms with van der Waals surface area (Å²) >= 11 is 2.03. The Labute approximate surface area is 130 Å². The molecule has 1 saturated heterocycles. The molecule has 1 aliphatic heterocycles. The van der Waals surface area contributed by atoms with E-state index in [0.717, 1.165) is 25.2 Å². The molecule has 1 fully saturated rings. The first-order valence-corrected chi connectivity index (χ1v) is 8.34. The molecule has 0 spiro atoms. The molecule has 21 heavy (non-hydrogen) atoms. The SMILES string of the molecule is COc1cc(CNCCN2CCSCC2)cc(OC)c1O. The molecule has 0 saturated carbocycles. The Hall–Kier alpha value is -1.11. The van der Waals surface area contributed by atoms with Gasteiger partial charge in [0.05, 0.1) is 14.2 Å². The van der Waals surface area contributed by atoms with E-state index in [9.17, 15) is 5.11 Å². The van der Waals surface area contributed by atoms with E-state index >= 15 is 0 Å². The van der Waals surface area contributed by atoms with E-state index in [-0.39, 0.29) is 5.75 Å². The number of phenols is 1. The van der Waals surface area contributed by atoms with E-state index < -0.39 is 0 Å². The number of thioether (sulfide) groups is 1. The van der Waals surface area contributed by atoms with E-state index in [1.54, 1.807) is 14.2 Å². The Kier molecular flexibility index (Phi) is 6.48. The molecule has 1 aliphatic rings. The zero-order valence-electron chi connectivity index (χ0n) is 12.7. The molecule has 6 heteroatoms. The van der Waals surface area contributed by atoms with Crippen molar-refractivity contribution in [2.45, 2.75) is 6.54 Å². The maximum atomic E-state index is 9.88. The van der Waals surface area contributed by atoms with Crippen LogP contribution in [0.3, 0.4) is 0 Å². The minimum Gasteiger partial charge on any atom is -0.502 e. The summed E-state index contributed by atoms with van der Waals surface area (Å²) in [7, 11) is 3.08. The van der Waals surface area contributed by atoms with Gasteiger partial charge in [-0.2, -0.15) is 11.8 Å². The van der Waals surface area contributed by atoms with E-state index in [0.29, 0.717) is 11.5 Å². The van der Waals surface area contributed by atoms with Gasteiger partial charge < -0.3 is 24.8 Å². The largest absolute Gasteiger partial charge is 0.502 e. The van der Waals surface area contributed by atoms with Crippen molar-refractivity contribution in [2.75, 3.05) is 51.9 Å². The van der Waals surface area contributed by atoms with Gasteiger partial charge in [0.2, 0.25) is 5.75 Å². The lowest BCUT2D eigenvalue weighted by atomic mass is 10.2. The number of nitrogens with zero attached hydrogens (tertiary/aromatic N) is 1. The van der Waals surface area contributed by atoms with Crippen LogP contribution in [-0.4, -0.2) is 61.9 Å². The monoisotopic (exact) mass is 312 g/mol. The fourth-order valence-corrected chi connectivity index (χ4v) is 3.32. The second-order valence-corrected chi connectivity index (χ2v) is 6.20. The van der Waals surface area contributed by atoms with E-state index in [2.05, 4.69) is 10.2 Å². The van der Waals surface area contributed by atoms with Crippen LogP contribution >= 0.6 is 11.8 Å². The van der Waals surface area contributed by atoms with Gasteiger partial charge in [-0.3, -0.25) is 0 Å². The van der Waals surface area contributed by atoms with Crippen LogP contribution in [0, 0.1) is 0 Å². The Morgan fingerprint density at radius 1 is 1.19 bits per heavy atom. The predicted molar refractivity (Wildman–Crippen MR) is 86.7 cm³/mol. The fraction of sp³-hybridized carbons (Fsp3) is 0.600. The van der Waals surface area contributed by atoms with Gasteiger partial charge >= 0.3 is 0 Å². The van der Waals surface area contributed by atoms with E-state index in [1.807, 2.05) is 23.9 Å². The molecule has 0 unspecified atom stereocenters. The van der Waals surface area contributed by atoms with Gasteiger partial charge in [0.15, 0.2) is 11.5 Å². The molecule has 1 heterocycles. The first-order valence-electron chi connectivity index (χ1n) is 7.19. The standard InChI is InChI=1S/C15H24N2O3S/c1-19-13-9-12(10-14(20-2)15(13)18)11-16-3-4-17-5-7-21-8-6-17/h9-10,16,18H,3-8,11H2,1-2H3. The second-order valence-electron chi connectivity index (χ2n) is 4.98. The zero-order valence-corrected chi connectivity index (χ0v) is 13.5. The van der Waals surface area contributed by atoms with Crippen molar-refractivity contribution < 1.29 is 14.6 Å². The van der Waals surface area contributed by atoms with Gasteiger partial charge in [-0.05, 0) is 17.7 Å². The van der Waals surface area contributed by atoms with Crippen LogP contribution in [-0.2, 0) is 6.54 Å². The number of phenolic OH excluding ortho intramolecular Hbond substituents is 1. The third kappa shape index (κ3) is 4.69. The van der Waals surface area contributed by atoms with Crippen LogP contribution in [0.15, 0.2) is 12.1 Å². The number of rotatable bonds is 7. The Morgan fingerprint density at radius 3 is 2.38 bits per heavy atom. The van der Waals surface area contributed by atoms with Crippen molar-refractivity contribution in [3.63, 3.8) is 0 Å². The van der Waals surface area contributed by atoms with Crippen LogP contribution in [0.2, 0.25) is 0 Å². The van der Waals surface area contributed by atoms with Crippen molar-refractivity contribution in [2.24, 2.45) is 0 Å². The third-order valence-corrected chi connectivity index (χ3v) is 4.52. The summed E-state index contributed by atoms with van der Waals surface area (Å²) in [6.07, 6.45) is 0. The van der Waals surface area contributed by atoms with Gasteiger partial charge in [-0.15, -0.1) is 0 Å². The van der Waals surface area contributed by atoms with Crippen LogP contribution in [0.1, 0.15) is 5.56 Å². The van der Waals surface area contributed by atoms with Crippen molar-refractivity contribution >= 4 is 11.8 Å². The lowest BCUT2D eigenvalue weighted by Crippen LogP contribution is -2.37. The van der Waals surface area contributed by atoms with Crippen LogP contribution in [0.4, 0.5) is 0 Å². The molecule has 1 aromatic carbocycles. The molecule has 2 rings (SSSR count). The molecule has 0 aromatic heterocycles. The number of aromatic hydroxyl groups is 1. The van der Waals surface area contributed by atoms with Gasteiger partial charge in [0.1, 0.15) is 0 Å². The molecule has 1 aromatic rings. The highest BCUT2D eigenvalue weighted by molar-refractivity contribution is 7.99. The number of benzene rings is 1. The number of ether oxygens (including phenoxy) is 2. The Bertz CT molecular complexity index is 426. The summed E-state index contributed by atoms with van der Waals surface area (Å²) in [5, 5.41) is 13.3. The molecule has 5 nitrogen and oxygen atoms in total. The topological polar surface area (TPSA) is 54.0 Å². The summed E-state index contributed by atoms with van der Waals surface area (Å²) in [5.41, 5.74) is 1.04. The summed E-state index contributed by atoms with van der Waals surface area (Å²) in [4.78, 5) is 2.49. The van der Waals surface area contributed by atoms with Crippen LogP contribution in [0.5, 0.6) is 17.2 Å². The van der Waals surface area contributed by atoms with Crippen molar-refractivity contribution in [1.29, 1.82) is 0 Å². The fourth-order valence-electron chi connectivity index (χ4n) is 2.34. The van der Waals surface area contributed by atoms with Crippen LogP contribution < -0.4 is 14.8 Å². The van der Waals surface area contributed by atoms with E-state index in [4.69, 9.17) is 9.47 Å². The first kappa shape index (κ1) is 16.3. The number of hydrogen-bond donors (Lipinski definition) is 2. The van der Waals surface area contributed by atoms with Crippen LogP contribution in [0.25, 0.3) is 0 Å². The number of hydrogen-bond acceptors (Lipinski definition) is 6. The van der Waals surface area contributed by atoms with Crippen molar-refractivity contribution in [3.8, 4) is 17.2 Å². The van der Waals surface area contributed by atoms with Gasteiger partial charge in [0.25, 0.3) is 0 Å². The maximum Gasteiger partial charge on any atom is 0.200 e. The maximum absolute atomic E-state index is 9.88. The number of methoxy groups -OCH3 is 2. The molecular formula is C15H24N2O3S. The smallest absolute Gasteiger partial charge is 0.200 e. The zero-order chi connectivity index (χ0) is 15.1. The van der Waals surface area contributed by atoms with Gasteiger partial charge in [-0.25, -0.2) is 0 Å². The average molecular weight is 312 g/mol. The molecule has 0 amide bonds. The summed E-state index contributed by atoms with van der Waals surface area (Å²) < 4.78 is 10.3. The predicted octanol–water partition coefficient (Wildman–Crippen LogP) is 1.55. The highest BCUT2D eigenvalue weighted by Crippen LogP contribution is 2.36. The third-order valence-electron chi connectivity index (χ3n) is 3.58. The van der Waals surface area contributed by atoms with Gasteiger partial charge in [0, 0.05) is 44.2 Å². The van der Waals surface area contributed by atoms with Crippen molar-refractivity contribution in [3.05, 3.63) is 17.7 Å². The quantitative estimate of drug-likeness (QED) is 0.745. The average Bonchev–Trinajstić information content (AvgIpc) is 2.53.